The van der Waals surface area contributed by atoms with Crippen LogP contribution in [0.2, 0.25) is 0 Å². The second-order valence-electron chi connectivity index (χ2n) is 8.97. The maximum atomic E-state index is 13.3. The monoisotopic (exact) mass is 537 g/mol. The molecular formula is C29H23N5O6. The van der Waals surface area contributed by atoms with Crippen molar-refractivity contribution >= 4 is 39.3 Å². The average Bonchev–Trinajstić information content (AvgIpc) is 2.97. The first-order chi connectivity index (χ1) is 19.3. The highest BCUT2D eigenvalue weighted by Gasteiger charge is 2.16. The number of oxime groups is 2. The molecule has 0 bridgehead atoms. The van der Waals surface area contributed by atoms with E-state index in [9.17, 15) is 14.7 Å². The van der Waals surface area contributed by atoms with Crippen molar-refractivity contribution in [2.45, 2.75) is 6.54 Å². The maximum absolute atomic E-state index is 13.3. The van der Waals surface area contributed by atoms with E-state index in [1.165, 1.54) is 10.6 Å². The van der Waals surface area contributed by atoms with Crippen LogP contribution in [0.3, 0.4) is 0 Å². The third-order valence-corrected chi connectivity index (χ3v) is 6.42. The van der Waals surface area contributed by atoms with Gasteiger partial charge in [0.25, 0.3) is 5.56 Å². The van der Waals surface area contributed by atoms with Gasteiger partial charge < -0.3 is 36.3 Å². The van der Waals surface area contributed by atoms with Gasteiger partial charge in [-0.3, -0.25) is 4.79 Å². The second-order valence-corrected chi connectivity index (χ2v) is 8.97. The predicted molar refractivity (Wildman–Crippen MR) is 150 cm³/mol. The Labute approximate surface area is 226 Å². The minimum Gasteiger partial charge on any atom is -0.477 e. The van der Waals surface area contributed by atoms with Crippen molar-refractivity contribution in [3.05, 3.63) is 118 Å². The molecule has 0 aliphatic rings. The smallest absolute Gasteiger partial charge is 0.341 e. The van der Waals surface area contributed by atoms with Gasteiger partial charge in [0.15, 0.2) is 11.7 Å². The molecule has 11 heteroatoms. The van der Waals surface area contributed by atoms with Crippen LogP contribution in [0.15, 0.2) is 100 Å². The zero-order valence-corrected chi connectivity index (χ0v) is 20.9. The fourth-order valence-corrected chi connectivity index (χ4v) is 4.43. The molecule has 0 radical (unpaired) electrons. The Balaban J connectivity index is 1.59. The van der Waals surface area contributed by atoms with Gasteiger partial charge >= 0.3 is 5.97 Å². The third kappa shape index (κ3) is 4.98. The fourth-order valence-electron chi connectivity index (χ4n) is 4.43. The molecule has 40 heavy (non-hydrogen) atoms. The summed E-state index contributed by atoms with van der Waals surface area (Å²) in [7, 11) is 0. The topological polar surface area (TPSA) is 186 Å². The molecule has 0 aliphatic heterocycles. The summed E-state index contributed by atoms with van der Waals surface area (Å²) in [5.74, 6) is -0.637. The van der Waals surface area contributed by atoms with Gasteiger partial charge in [-0.05, 0) is 64.2 Å². The Morgan fingerprint density at radius 3 is 2.17 bits per heavy atom. The van der Waals surface area contributed by atoms with Crippen LogP contribution in [-0.2, 0) is 6.54 Å². The SMILES string of the molecule is N/C(=N/O)c1cccc(Oc2ccc3cc(C(=O)O)c(=O)n(Cc4ccc5ccc(/C(N)=N\O)cc5c4)c3c2)c1. The number of carboxylic acids is 1. The molecule has 200 valence electrons. The van der Waals surface area contributed by atoms with Crippen molar-refractivity contribution in [2.24, 2.45) is 21.8 Å². The van der Waals surface area contributed by atoms with Crippen LogP contribution in [0.4, 0.5) is 0 Å². The van der Waals surface area contributed by atoms with Gasteiger partial charge in [0.05, 0.1) is 12.1 Å². The van der Waals surface area contributed by atoms with Crippen molar-refractivity contribution in [3.8, 4) is 11.5 Å². The van der Waals surface area contributed by atoms with Gasteiger partial charge in [0.1, 0.15) is 17.1 Å². The lowest BCUT2D eigenvalue weighted by Crippen LogP contribution is -2.27. The van der Waals surface area contributed by atoms with Crippen molar-refractivity contribution in [1.82, 2.24) is 4.57 Å². The number of fused-ring (bicyclic) bond motifs is 2. The molecule has 0 aliphatic carbocycles. The van der Waals surface area contributed by atoms with E-state index in [0.29, 0.717) is 33.5 Å². The van der Waals surface area contributed by atoms with Crippen LogP contribution in [-0.4, -0.2) is 37.7 Å². The number of rotatable bonds is 7. The first-order valence-electron chi connectivity index (χ1n) is 11.9. The number of nitrogens with zero attached hydrogens (tertiary/aromatic N) is 3. The van der Waals surface area contributed by atoms with E-state index >= 15 is 0 Å². The molecular weight excluding hydrogens is 514 g/mol. The van der Waals surface area contributed by atoms with Crippen LogP contribution in [0.25, 0.3) is 21.7 Å². The van der Waals surface area contributed by atoms with Crippen molar-refractivity contribution in [3.63, 3.8) is 0 Å². The molecule has 1 aromatic heterocycles. The van der Waals surface area contributed by atoms with Gasteiger partial charge in [-0.2, -0.15) is 0 Å². The Hall–Kier alpha value is -5.84. The molecule has 0 spiro atoms. The van der Waals surface area contributed by atoms with Crippen LogP contribution in [0, 0.1) is 0 Å². The number of hydrogen-bond donors (Lipinski definition) is 5. The van der Waals surface area contributed by atoms with Crippen LogP contribution in [0.5, 0.6) is 11.5 Å². The summed E-state index contributed by atoms with van der Waals surface area (Å²) >= 11 is 0. The Morgan fingerprint density at radius 1 is 0.775 bits per heavy atom. The van der Waals surface area contributed by atoms with E-state index in [4.69, 9.17) is 26.6 Å². The lowest BCUT2D eigenvalue weighted by Gasteiger charge is -2.14. The summed E-state index contributed by atoms with van der Waals surface area (Å²) in [5, 5.41) is 35.9. The first kappa shape index (κ1) is 25.8. The number of benzene rings is 4. The number of aromatic nitrogens is 1. The Bertz CT molecular complexity index is 1910. The molecule has 5 rings (SSSR count). The standard InChI is InChI=1S/C29H23N5O6/c30-26(32-38)19-2-1-3-22(12-19)40-23-9-8-18-13-24(29(36)37)28(35)34(25(18)14-23)15-16-4-5-17-6-7-20(27(31)33-39)11-21(17)10-16/h1-14,38-39H,15H2,(H2,30,32)(H2,31,33)(H,36,37). The minimum absolute atomic E-state index is 0.0342. The Kier molecular flexibility index (Phi) is 6.77. The van der Waals surface area contributed by atoms with E-state index < -0.39 is 11.5 Å². The summed E-state index contributed by atoms with van der Waals surface area (Å²) in [6.45, 7) is 0.0721. The van der Waals surface area contributed by atoms with E-state index in [1.807, 2.05) is 24.3 Å². The largest absolute Gasteiger partial charge is 0.477 e. The molecule has 11 nitrogen and oxygen atoms in total. The number of pyridine rings is 1. The third-order valence-electron chi connectivity index (χ3n) is 6.42. The average molecular weight is 538 g/mol. The van der Waals surface area contributed by atoms with Gasteiger partial charge in [-0.15, -0.1) is 0 Å². The van der Waals surface area contributed by atoms with E-state index in [0.717, 1.165) is 16.3 Å². The normalized spacial score (nSPS) is 12.1. The zero-order chi connectivity index (χ0) is 28.4. The van der Waals surface area contributed by atoms with Crippen molar-refractivity contribution < 1.29 is 25.1 Å². The van der Waals surface area contributed by atoms with Gasteiger partial charge in [0.2, 0.25) is 0 Å². The van der Waals surface area contributed by atoms with Gasteiger partial charge in [0, 0.05) is 17.2 Å². The lowest BCUT2D eigenvalue weighted by atomic mass is 10.0. The van der Waals surface area contributed by atoms with E-state index in [2.05, 4.69) is 10.3 Å². The molecule has 0 amide bonds. The summed E-state index contributed by atoms with van der Waals surface area (Å²) in [5.41, 5.74) is 12.6. The molecule has 0 saturated heterocycles. The highest BCUT2D eigenvalue weighted by Crippen LogP contribution is 2.27. The highest BCUT2D eigenvalue weighted by molar-refractivity contribution is 6.01. The summed E-state index contributed by atoms with van der Waals surface area (Å²) < 4.78 is 7.36. The molecule has 0 atom stereocenters. The number of carbonyl (C=O) groups is 1. The van der Waals surface area contributed by atoms with Crippen molar-refractivity contribution in [1.29, 1.82) is 0 Å². The summed E-state index contributed by atoms with van der Waals surface area (Å²) in [6.07, 6.45) is 0. The van der Waals surface area contributed by atoms with Crippen LogP contribution in [0.1, 0.15) is 27.0 Å². The molecule has 7 N–H and O–H groups in total. The van der Waals surface area contributed by atoms with Crippen LogP contribution < -0.4 is 21.8 Å². The minimum atomic E-state index is -1.33. The van der Waals surface area contributed by atoms with E-state index in [-0.39, 0.29) is 23.8 Å². The van der Waals surface area contributed by atoms with Crippen molar-refractivity contribution in [2.75, 3.05) is 0 Å². The van der Waals surface area contributed by atoms with E-state index in [1.54, 1.807) is 54.6 Å². The number of ether oxygens (including phenoxy) is 1. The maximum Gasteiger partial charge on any atom is 0.341 e. The molecule has 0 fully saturated rings. The molecule has 1 heterocycles. The number of hydrogen-bond acceptors (Lipinski definition) is 7. The fraction of sp³-hybridized carbons (Fsp3) is 0.0345. The number of nitrogens with two attached hydrogens (primary N) is 2. The Morgan fingerprint density at radius 2 is 1.45 bits per heavy atom. The van der Waals surface area contributed by atoms with Gasteiger partial charge in [-0.1, -0.05) is 46.7 Å². The van der Waals surface area contributed by atoms with Crippen LogP contribution >= 0.6 is 0 Å². The zero-order valence-electron chi connectivity index (χ0n) is 20.9. The molecule has 4 aromatic carbocycles. The molecule has 0 unspecified atom stereocenters. The van der Waals surface area contributed by atoms with Gasteiger partial charge in [-0.25, -0.2) is 4.79 Å². The quantitative estimate of drug-likeness (QED) is 0.0895. The first-order valence-corrected chi connectivity index (χ1v) is 11.9. The second kappa shape index (κ2) is 10.5. The summed E-state index contributed by atoms with van der Waals surface area (Å²) in [6, 6.07) is 23.8. The summed E-state index contributed by atoms with van der Waals surface area (Å²) in [4.78, 5) is 25.2. The number of amidine groups is 2. The highest BCUT2D eigenvalue weighted by atomic mass is 16.5. The lowest BCUT2D eigenvalue weighted by molar-refractivity contribution is 0.0694. The molecule has 0 saturated carbocycles. The predicted octanol–water partition coefficient (Wildman–Crippen LogP) is 3.88. The number of aromatic carboxylic acids is 1. The number of carboxylic acid groups (broad SMARTS) is 1. The molecule has 5 aromatic rings.